The Morgan fingerprint density at radius 2 is 1.64 bits per heavy atom. The molecule has 1 aromatic heterocycles. The molecule has 0 aliphatic heterocycles. The highest BCUT2D eigenvalue weighted by atomic mass is 79.9. The minimum atomic E-state index is -1.97. The number of hydrogen-bond donors (Lipinski definition) is 1. The lowest BCUT2D eigenvalue weighted by molar-refractivity contribution is 0.265. The first kappa shape index (κ1) is 14.4. The van der Waals surface area contributed by atoms with Gasteiger partial charge in [0, 0.05) is 15.6 Å². The van der Waals surface area contributed by atoms with Gasteiger partial charge >= 0.3 is 0 Å². The molecular weight excluding hydrogens is 347 g/mol. The number of nitrogens with one attached hydrogen (secondary N) is 1. The number of H-pyrrole nitrogens is 1. The molecule has 108 valence electrons. The van der Waals surface area contributed by atoms with Crippen LogP contribution in [0.4, 0.5) is 4.39 Å². The number of alkyl halides is 1. The Bertz CT molecular complexity index is 807. The Hall–Kier alpha value is -2.52. The number of nitriles is 1. The monoisotopic (exact) mass is 356 g/mol. The van der Waals surface area contributed by atoms with Crippen LogP contribution in [-0.4, -0.2) is 15.2 Å². The largest absolute Gasteiger partial charge is 0.260 e. The number of benzene rings is 2. The number of aromatic nitrogens is 3. The SMILES string of the molecule is N#Cc1ccc(C(F)(c2ccc(Br)cc2)c2ncn[nH]2)cc1. The van der Waals surface area contributed by atoms with Crippen LogP contribution in [0.5, 0.6) is 0 Å². The van der Waals surface area contributed by atoms with Crippen LogP contribution in [0.3, 0.4) is 0 Å². The van der Waals surface area contributed by atoms with Gasteiger partial charge in [-0.3, -0.25) is 5.10 Å². The van der Waals surface area contributed by atoms with Gasteiger partial charge in [-0.05, 0) is 24.3 Å². The molecule has 0 fully saturated rings. The van der Waals surface area contributed by atoms with Gasteiger partial charge in [0.1, 0.15) is 6.33 Å². The van der Waals surface area contributed by atoms with Gasteiger partial charge in [-0.15, -0.1) is 0 Å². The van der Waals surface area contributed by atoms with E-state index < -0.39 is 5.67 Å². The molecule has 0 aliphatic carbocycles. The van der Waals surface area contributed by atoms with E-state index in [2.05, 4.69) is 31.1 Å². The zero-order valence-electron chi connectivity index (χ0n) is 11.3. The second-order valence-corrected chi connectivity index (χ2v) is 5.60. The lowest BCUT2D eigenvalue weighted by atomic mass is 9.87. The molecule has 0 spiro atoms. The quantitative estimate of drug-likeness (QED) is 0.777. The summed E-state index contributed by atoms with van der Waals surface area (Å²) in [5.74, 6) is 0.0968. The average Bonchev–Trinajstić information content (AvgIpc) is 3.10. The molecule has 3 aromatic rings. The summed E-state index contributed by atoms with van der Waals surface area (Å²) >= 11 is 3.34. The topological polar surface area (TPSA) is 65.4 Å². The number of rotatable bonds is 3. The third-order valence-electron chi connectivity index (χ3n) is 3.40. The third-order valence-corrected chi connectivity index (χ3v) is 3.92. The molecule has 0 saturated heterocycles. The molecule has 1 heterocycles. The average molecular weight is 357 g/mol. The summed E-state index contributed by atoms with van der Waals surface area (Å²) in [7, 11) is 0. The van der Waals surface area contributed by atoms with Crippen LogP contribution in [0.1, 0.15) is 22.5 Å². The van der Waals surface area contributed by atoms with E-state index in [9.17, 15) is 0 Å². The molecule has 1 atom stereocenters. The normalized spacial score (nSPS) is 13.3. The van der Waals surface area contributed by atoms with Crippen LogP contribution in [0, 0.1) is 11.3 Å². The molecule has 4 nitrogen and oxygen atoms in total. The van der Waals surface area contributed by atoms with E-state index in [4.69, 9.17) is 5.26 Å². The highest BCUT2D eigenvalue weighted by molar-refractivity contribution is 9.10. The molecule has 3 rings (SSSR count). The zero-order valence-corrected chi connectivity index (χ0v) is 12.9. The molecule has 1 N–H and O–H groups in total. The summed E-state index contributed by atoms with van der Waals surface area (Å²) in [5.41, 5.74) is -0.687. The van der Waals surface area contributed by atoms with Crippen LogP contribution < -0.4 is 0 Å². The van der Waals surface area contributed by atoms with Crippen molar-refractivity contribution in [2.24, 2.45) is 0 Å². The van der Waals surface area contributed by atoms with Gasteiger partial charge in [0.05, 0.1) is 11.6 Å². The molecule has 1 unspecified atom stereocenters. The Balaban J connectivity index is 2.19. The fourth-order valence-corrected chi connectivity index (χ4v) is 2.53. The first-order valence-corrected chi connectivity index (χ1v) is 7.25. The highest BCUT2D eigenvalue weighted by Gasteiger charge is 2.39. The zero-order chi connectivity index (χ0) is 15.6. The Kier molecular flexibility index (Phi) is 3.73. The van der Waals surface area contributed by atoms with E-state index in [0.29, 0.717) is 16.7 Å². The van der Waals surface area contributed by atoms with Gasteiger partial charge in [-0.25, -0.2) is 9.37 Å². The second-order valence-electron chi connectivity index (χ2n) is 4.69. The first-order valence-electron chi connectivity index (χ1n) is 6.46. The van der Waals surface area contributed by atoms with Crippen LogP contribution in [-0.2, 0) is 5.67 Å². The number of halogens is 2. The summed E-state index contributed by atoms with van der Waals surface area (Å²) < 4.78 is 16.8. The van der Waals surface area contributed by atoms with Crippen LogP contribution in [0.25, 0.3) is 0 Å². The van der Waals surface area contributed by atoms with Gasteiger partial charge in [-0.1, -0.05) is 40.2 Å². The van der Waals surface area contributed by atoms with Crippen molar-refractivity contribution in [1.82, 2.24) is 15.2 Å². The molecule has 22 heavy (non-hydrogen) atoms. The molecule has 2 aromatic carbocycles. The smallest absolute Gasteiger partial charge is 0.219 e. The number of aromatic amines is 1. The molecular formula is C16H10BrFN4. The van der Waals surface area contributed by atoms with Crippen molar-refractivity contribution in [1.29, 1.82) is 5.26 Å². The summed E-state index contributed by atoms with van der Waals surface area (Å²) in [5, 5.41) is 15.2. The van der Waals surface area contributed by atoms with Gasteiger partial charge < -0.3 is 0 Å². The van der Waals surface area contributed by atoms with E-state index in [1.165, 1.54) is 6.33 Å². The van der Waals surface area contributed by atoms with E-state index in [1.807, 2.05) is 6.07 Å². The predicted molar refractivity (Wildman–Crippen MR) is 82.7 cm³/mol. The van der Waals surface area contributed by atoms with Gasteiger partial charge in [0.2, 0.25) is 5.67 Å². The number of hydrogen-bond acceptors (Lipinski definition) is 3. The molecule has 0 aliphatic rings. The Morgan fingerprint density at radius 1 is 1.05 bits per heavy atom. The minimum Gasteiger partial charge on any atom is -0.260 e. The van der Waals surface area contributed by atoms with Crippen LogP contribution in [0.2, 0.25) is 0 Å². The maximum Gasteiger partial charge on any atom is 0.219 e. The van der Waals surface area contributed by atoms with E-state index in [-0.39, 0.29) is 5.82 Å². The second kappa shape index (κ2) is 5.70. The Morgan fingerprint density at radius 3 is 2.14 bits per heavy atom. The maximum absolute atomic E-state index is 16.0. The predicted octanol–water partition coefficient (Wildman–Crippen LogP) is 3.70. The van der Waals surface area contributed by atoms with Crippen molar-refractivity contribution < 1.29 is 4.39 Å². The molecule has 6 heteroatoms. The lowest BCUT2D eigenvalue weighted by Crippen LogP contribution is -2.25. The van der Waals surface area contributed by atoms with Gasteiger partial charge in [-0.2, -0.15) is 10.4 Å². The van der Waals surface area contributed by atoms with Crippen LogP contribution >= 0.6 is 15.9 Å². The van der Waals surface area contributed by atoms with Crippen molar-refractivity contribution >= 4 is 15.9 Å². The van der Waals surface area contributed by atoms with Crippen molar-refractivity contribution in [3.05, 3.63) is 81.8 Å². The van der Waals surface area contributed by atoms with Crippen LogP contribution in [0.15, 0.2) is 59.3 Å². The fraction of sp³-hybridized carbons (Fsp3) is 0.0625. The summed E-state index contributed by atoms with van der Waals surface area (Å²) in [6.45, 7) is 0. The fourth-order valence-electron chi connectivity index (χ4n) is 2.27. The maximum atomic E-state index is 16.0. The molecule has 0 saturated carbocycles. The lowest BCUT2D eigenvalue weighted by Gasteiger charge is -2.24. The van der Waals surface area contributed by atoms with E-state index >= 15 is 4.39 Å². The molecule has 0 amide bonds. The van der Waals surface area contributed by atoms with Crippen molar-refractivity contribution in [3.63, 3.8) is 0 Å². The van der Waals surface area contributed by atoms with Crippen molar-refractivity contribution in [2.75, 3.05) is 0 Å². The van der Waals surface area contributed by atoms with E-state index in [1.54, 1.807) is 48.5 Å². The first-order chi connectivity index (χ1) is 10.6. The minimum absolute atomic E-state index is 0.0968. The highest BCUT2D eigenvalue weighted by Crippen LogP contribution is 2.39. The third kappa shape index (κ3) is 2.40. The van der Waals surface area contributed by atoms with Gasteiger partial charge in [0.15, 0.2) is 5.82 Å². The standard InChI is InChI=1S/C16H10BrFN4/c17-14-7-5-13(6-8-14)16(18,15-20-10-21-22-15)12-3-1-11(9-19)2-4-12/h1-8,10H,(H,20,21,22). The van der Waals surface area contributed by atoms with Gasteiger partial charge in [0.25, 0.3) is 0 Å². The van der Waals surface area contributed by atoms with Crippen molar-refractivity contribution in [3.8, 4) is 6.07 Å². The van der Waals surface area contributed by atoms with Crippen molar-refractivity contribution in [2.45, 2.75) is 5.67 Å². The molecule has 0 radical (unpaired) electrons. The molecule has 0 bridgehead atoms. The summed E-state index contributed by atoms with van der Waals surface area (Å²) in [6.07, 6.45) is 1.27. The number of nitrogens with zero attached hydrogens (tertiary/aromatic N) is 3. The summed E-state index contributed by atoms with van der Waals surface area (Å²) in [6, 6.07) is 15.3. The van der Waals surface area contributed by atoms with E-state index in [0.717, 1.165) is 4.47 Å². The summed E-state index contributed by atoms with van der Waals surface area (Å²) in [4.78, 5) is 3.99. The Labute approximate surface area is 134 Å².